The fourth-order valence-electron chi connectivity index (χ4n) is 4.14. The first-order chi connectivity index (χ1) is 15.7. The van der Waals surface area contributed by atoms with E-state index in [9.17, 15) is 15.3 Å². The second kappa shape index (κ2) is 8.68. The summed E-state index contributed by atoms with van der Waals surface area (Å²) in [5, 5.41) is 34.5. The molecule has 0 unspecified atom stereocenters. The van der Waals surface area contributed by atoms with Gasteiger partial charge in [0, 0.05) is 18.3 Å². The molecule has 0 aliphatic carbocycles. The zero-order valence-corrected chi connectivity index (χ0v) is 17.2. The Hall–Kier alpha value is -3.30. The Bertz CT molecular complexity index is 1200. The van der Waals surface area contributed by atoms with Crippen molar-refractivity contribution in [1.29, 1.82) is 0 Å². The molecule has 1 aliphatic rings. The minimum Gasteiger partial charge on any atom is -0.394 e. The number of hydrogen-bond acceptors (Lipinski definition) is 7. The van der Waals surface area contributed by atoms with Crippen LogP contribution in [-0.4, -0.2) is 54.8 Å². The van der Waals surface area contributed by atoms with Crippen molar-refractivity contribution in [2.45, 2.75) is 31.1 Å². The molecule has 2 aromatic heterocycles. The number of hydrogen-bond donors (Lipinski definition) is 4. The van der Waals surface area contributed by atoms with Gasteiger partial charge in [-0.1, -0.05) is 60.7 Å². The van der Waals surface area contributed by atoms with E-state index in [-0.39, 0.29) is 0 Å². The van der Waals surface area contributed by atoms with Crippen LogP contribution in [0, 0.1) is 0 Å². The zero-order valence-electron chi connectivity index (χ0n) is 17.2. The zero-order chi connectivity index (χ0) is 22.1. The van der Waals surface area contributed by atoms with Crippen molar-refractivity contribution in [2.75, 3.05) is 11.9 Å². The number of aliphatic hydroxyl groups is 3. The van der Waals surface area contributed by atoms with Crippen molar-refractivity contribution in [1.82, 2.24) is 14.5 Å². The lowest BCUT2D eigenvalue weighted by atomic mass is 10.1. The standard InChI is InChI=1S/C24H24N4O4/c29-13-18-20(30)21(31)24(32-18)28-12-17(16-9-5-2-6-10-16)19-22(26-14-27-23(19)28)25-11-15-7-3-1-4-8-15/h1-10,12,14,18,20-21,24,29-31H,11,13H2,(H,25,26,27)/t18-,20-,21-,24-/m1/s1. The van der Waals surface area contributed by atoms with Crippen LogP contribution in [0.15, 0.2) is 73.2 Å². The maximum Gasteiger partial charge on any atom is 0.164 e. The summed E-state index contributed by atoms with van der Waals surface area (Å²) in [6.45, 7) is 0.193. The molecule has 0 saturated carbocycles. The quantitative estimate of drug-likeness (QED) is 0.370. The van der Waals surface area contributed by atoms with Gasteiger partial charge in [-0.05, 0) is 11.1 Å². The van der Waals surface area contributed by atoms with Crippen molar-refractivity contribution >= 4 is 16.9 Å². The minimum absolute atomic E-state index is 0.391. The van der Waals surface area contributed by atoms with Gasteiger partial charge in [0.15, 0.2) is 6.23 Å². The molecule has 4 aromatic rings. The maximum atomic E-state index is 10.6. The van der Waals surface area contributed by atoms with Gasteiger partial charge in [-0.3, -0.25) is 0 Å². The monoisotopic (exact) mass is 432 g/mol. The van der Waals surface area contributed by atoms with E-state index in [2.05, 4.69) is 15.3 Å². The first kappa shape index (κ1) is 20.6. The van der Waals surface area contributed by atoms with Crippen molar-refractivity contribution in [3.05, 3.63) is 78.8 Å². The summed E-state index contributed by atoms with van der Waals surface area (Å²) in [5.41, 5.74) is 3.50. The molecule has 0 spiro atoms. The Morgan fingerprint density at radius 3 is 2.34 bits per heavy atom. The molecule has 2 aromatic carbocycles. The van der Waals surface area contributed by atoms with Gasteiger partial charge in [0.05, 0.1) is 12.0 Å². The lowest BCUT2D eigenvalue weighted by Crippen LogP contribution is -2.33. The molecule has 3 heterocycles. The van der Waals surface area contributed by atoms with Crippen molar-refractivity contribution in [3.63, 3.8) is 0 Å². The highest BCUT2D eigenvalue weighted by Gasteiger charge is 2.44. The van der Waals surface area contributed by atoms with Crippen LogP contribution in [0.3, 0.4) is 0 Å². The lowest BCUT2D eigenvalue weighted by molar-refractivity contribution is -0.0508. The molecule has 8 nitrogen and oxygen atoms in total. The number of fused-ring (bicyclic) bond motifs is 1. The predicted molar refractivity (Wildman–Crippen MR) is 120 cm³/mol. The van der Waals surface area contributed by atoms with Crippen molar-refractivity contribution in [3.8, 4) is 11.1 Å². The summed E-state index contributed by atoms with van der Waals surface area (Å²) >= 11 is 0. The van der Waals surface area contributed by atoms with E-state index in [1.54, 1.807) is 4.57 Å². The average Bonchev–Trinajstić information content (AvgIpc) is 3.37. The first-order valence-electron chi connectivity index (χ1n) is 10.5. The van der Waals surface area contributed by atoms with Crippen LogP contribution in [-0.2, 0) is 11.3 Å². The molecule has 164 valence electrons. The number of aromatic nitrogens is 3. The number of aliphatic hydroxyl groups excluding tert-OH is 3. The smallest absolute Gasteiger partial charge is 0.164 e. The van der Waals surface area contributed by atoms with Gasteiger partial charge in [0.1, 0.15) is 36.1 Å². The Kier molecular flexibility index (Phi) is 5.59. The number of anilines is 1. The molecule has 4 atom stereocenters. The molecule has 4 N–H and O–H groups in total. The second-order valence-electron chi connectivity index (χ2n) is 7.80. The normalized spacial score (nSPS) is 23.0. The summed E-state index contributed by atoms with van der Waals surface area (Å²) in [6.07, 6.45) is -0.850. The summed E-state index contributed by atoms with van der Waals surface area (Å²) in [5.74, 6) is 0.656. The molecule has 0 amide bonds. The third-order valence-electron chi connectivity index (χ3n) is 5.79. The van der Waals surface area contributed by atoms with Crippen LogP contribution in [0.1, 0.15) is 11.8 Å². The summed E-state index contributed by atoms with van der Waals surface area (Å²) in [4.78, 5) is 8.96. The van der Waals surface area contributed by atoms with E-state index >= 15 is 0 Å². The molecule has 32 heavy (non-hydrogen) atoms. The topological polar surface area (TPSA) is 113 Å². The molecule has 5 rings (SSSR count). The summed E-state index contributed by atoms with van der Waals surface area (Å²) < 4.78 is 7.48. The summed E-state index contributed by atoms with van der Waals surface area (Å²) in [7, 11) is 0. The number of benzene rings is 2. The van der Waals surface area contributed by atoms with Gasteiger partial charge < -0.3 is 29.9 Å². The molecule has 0 radical (unpaired) electrons. The van der Waals surface area contributed by atoms with E-state index in [0.29, 0.717) is 18.0 Å². The Labute approximate surface area is 184 Å². The van der Waals surface area contributed by atoms with Crippen LogP contribution in [0.4, 0.5) is 5.82 Å². The SMILES string of the molecule is OC[C@H]1O[C@@H](n2cc(-c3ccccc3)c3c(NCc4ccccc4)ncnc32)[C@H](O)[C@@H]1O. The van der Waals surface area contributed by atoms with E-state index in [4.69, 9.17) is 4.74 Å². The van der Waals surface area contributed by atoms with Crippen LogP contribution in [0.5, 0.6) is 0 Å². The fraction of sp³-hybridized carbons (Fsp3) is 0.250. The number of rotatable bonds is 6. The average molecular weight is 432 g/mol. The van der Waals surface area contributed by atoms with Gasteiger partial charge in [0.25, 0.3) is 0 Å². The minimum atomic E-state index is -1.21. The molecule has 1 saturated heterocycles. The number of ether oxygens (including phenoxy) is 1. The van der Waals surface area contributed by atoms with Crippen LogP contribution < -0.4 is 5.32 Å². The highest BCUT2D eigenvalue weighted by atomic mass is 16.6. The van der Waals surface area contributed by atoms with E-state index < -0.39 is 31.1 Å². The predicted octanol–water partition coefficient (Wildman–Crippen LogP) is 2.32. The van der Waals surface area contributed by atoms with Crippen LogP contribution in [0.25, 0.3) is 22.2 Å². The van der Waals surface area contributed by atoms with Crippen LogP contribution >= 0.6 is 0 Å². The molecule has 0 bridgehead atoms. The highest BCUT2D eigenvalue weighted by Crippen LogP contribution is 2.39. The third-order valence-corrected chi connectivity index (χ3v) is 5.79. The van der Waals surface area contributed by atoms with Gasteiger partial charge in [-0.2, -0.15) is 0 Å². The summed E-state index contributed by atoms with van der Waals surface area (Å²) in [6, 6.07) is 19.8. The molecule has 8 heteroatoms. The number of nitrogens with zero attached hydrogens (tertiary/aromatic N) is 3. The van der Waals surface area contributed by atoms with E-state index in [0.717, 1.165) is 22.1 Å². The Morgan fingerprint density at radius 2 is 1.66 bits per heavy atom. The van der Waals surface area contributed by atoms with Gasteiger partial charge >= 0.3 is 0 Å². The van der Waals surface area contributed by atoms with Gasteiger partial charge in [-0.15, -0.1) is 0 Å². The number of nitrogens with one attached hydrogen (secondary N) is 1. The molecular formula is C24H24N4O4. The molecular weight excluding hydrogens is 408 g/mol. The van der Waals surface area contributed by atoms with Gasteiger partial charge in [0.2, 0.25) is 0 Å². The Morgan fingerprint density at radius 1 is 0.938 bits per heavy atom. The van der Waals surface area contributed by atoms with E-state index in [1.165, 1.54) is 6.33 Å². The second-order valence-corrected chi connectivity index (χ2v) is 7.80. The van der Waals surface area contributed by atoms with Crippen molar-refractivity contribution < 1.29 is 20.1 Å². The highest BCUT2D eigenvalue weighted by molar-refractivity contribution is 6.01. The molecule has 1 fully saturated rings. The maximum absolute atomic E-state index is 10.6. The van der Waals surface area contributed by atoms with E-state index in [1.807, 2.05) is 66.9 Å². The Balaban J connectivity index is 1.62. The first-order valence-corrected chi connectivity index (χ1v) is 10.5. The van der Waals surface area contributed by atoms with Crippen LogP contribution in [0.2, 0.25) is 0 Å². The lowest BCUT2D eigenvalue weighted by Gasteiger charge is -2.17. The fourth-order valence-corrected chi connectivity index (χ4v) is 4.14. The molecule has 1 aliphatic heterocycles. The largest absolute Gasteiger partial charge is 0.394 e. The van der Waals surface area contributed by atoms with Crippen molar-refractivity contribution in [2.24, 2.45) is 0 Å². The van der Waals surface area contributed by atoms with Gasteiger partial charge in [-0.25, -0.2) is 9.97 Å². The third kappa shape index (κ3) is 3.63.